The van der Waals surface area contributed by atoms with E-state index in [1.807, 2.05) is 13.8 Å². The summed E-state index contributed by atoms with van der Waals surface area (Å²) in [5.41, 5.74) is -0.377. The van der Waals surface area contributed by atoms with E-state index in [9.17, 15) is 0 Å². The molecule has 3 heteroatoms. The van der Waals surface area contributed by atoms with Gasteiger partial charge >= 0.3 is 0 Å². The van der Waals surface area contributed by atoms with Crippen molar-refractivity contribution in [2.75, 3.05) is 20.1 Å². The molecule has 0 radical (unpaired) electrons. The third-order valence-corrected chi connectivity index (χ3v) is 2.66. The normalized spacial score (nSPS) is 15.6. The van der Waals surface area contributed by atoms with Crippen LogP contribution in [0, 0.1) is 11.3 Å². The van der Waals surface area contributed by atoms with E-state index in [0.29, 0.717) is 6.04 Å². The third kappa shape index (κ3) is 4.59. The molecule has 82 valence electrons. The molecule has 0 aliphatic rings. The van der Waals surface area contributed by atoms with Crippen molar-refractivity contribution in [3.63, 3.8) is 0 Å². The quantitative estimate of drug-likeness (QED) is 0.703. The molecule has 0 amide bonds. The molecule has 0 aliphatic heterocycles. The van der Waals surface area contributed by atoms with Crippen LogP contribution in [0.2, 0.25) is 0 Å². The topological polar surface area (TPSA) is 39.1 Å². The van der Waals surface area contributed by atoms with Gasteiger partial charge in [0, 0.05) is 12.6 Å². The maximum atomic E-state index is 9.04. The van der Waals surface area contributed by atoms with Crippen molar-refractivity contribution in [3.8, 4) is 6.07 Å². The minimum absolute atomic E-state index is 0.377. The zero-order chi connectivity index (χ0) is 11.2. The Bertz CT molecular complexity index is 195. The van der Waals surface area contributed by atoms with Gasteiger partial charge in [-0.15, -0.1) is 0 Å². The van der Waals surface area contributed by atoms with Crippen LogP contribution in [0.3, 0.4) is 0 Å². The van der Waals surface area contributed by atoms with Gasteiger partial charge in [-0.05, 0) is 40.8 Å². The number of nitrogens with zero attached hydrogens (tertiary/aromatic N) is 2. The van der Waals surface area contributed by atoms with Crippen molar-refractivity contribution < 1.29 is 0 Å². The molecule has 0 saturated heterocycles. The van der Waals surface area contributed by atoms with E-state index in [-0.39, 0.29) is 5.54 Å². The highest BCUT2D eigenvalue weighted by Crippen LogP contribution is 2.09. The van der Waals surface area contributed by atoms with Gasteiger partial charge in [0.25, 0.3) is 0 Å². The fraction of sp³-hybridized carbons (Fsp3) is 0.909. The van der Waals surface area contributed by atoms with E-state index < -0.39 is 0 Å². The molecule has 0 rings (SSSR count). The van der Waals surface area contributed by atoms with Crippen molar-refractivity contribution in [3.05, 3.63) is 0 Å². The Morgan fingerprint density at radius 2 is 2.07 bits per heavy atom. The molecule has 0 spiro atoms. The Morgan fingerprint density at radius 3 is 2.43 bits per heavy atom. The van der Waals surface area contributed by atoms with Crippen LogP contribution in [0.1, 0.15) is 34.1 Å². The highest BCUT2D eigenvalue weighted by molar-refractivity contribution is 5.03. The van der Waals surface area contributed by atoms with E-state index in [0.717, 1.165) is 19.5 Å². The molecular formula is C11H23N3. The van der Waals surface area contributed by atoms with Gasteiger partial charge in [0.1, 0.15) is 5.54 Å². The molecule has 0 saturated carbocycles. The number of nitriles is 1. The summed E-state index contributed by atoms with van der Waals surface area (Å²) in [7, 11) is 2.09. The lowest BCUT2D eigenvalue weighted by molar-refractivity contribution is 0.245. The summed E-state index contributed by atoms with van der Waals surface area (Å²) < 4.78 is 0. The Kier molecular flexibility index (Phi) is 5.75. The predicted octanol–water partition coefficient (Wildman–Crippen LogP) is 1.61. The van der Waals surface area contributed by atoms with E-state index in [1.54, 1.807) is 0 Å². The molecule has 0 fully saturated rings. The number of nitrogens with one attached hydrogen (secondary N) is 1. The van der Waals surface area contributed by atoms with Crippen molar-refractivity contribution in [1.29, 1.82) is 5.26 Å². The van der Waals surface area contributed by atoms with E-state index in [4.69, 9.17) is 5.26 Å². The van der Waals surface area contributed by atoms with E-state index in [1.165, 1.54) is 0 Å². The predicted molar refractivity (Wildman–Crippen MR) is 60.1 cm³/mol. The summed E-state index contributed by atoms with van der Waals surface area (Å²) in [6.45, 7) is 10.1. The van der Waals surface area contributed by atoms with E-state index in [2.05, 4.69) is 37.2 Å². The summed E-state index contributed by atoms with van der Waals surface area (Å²) >= 11 is 0. The minimum Gasteiger partial charge on any atom is -0.304 e. The molecule has 0 aromatic heterocycles. The molecular weight excluding hydrogens is 174 g/mol. The number of hydrogen-bond donors (Lipinski definition) is 1. The van der Waals surface area contributed by atoms with Crippen molar-refractivity contribution in [1.82, 2.24) is 10.2 Å². The fourth-order valence-electron chi connectivity index (χ4n) is 1.23. The Labute approximate surface area is 88.1 Å². The van der Waals surface area contributed by atoms with Crippen LogP contribution in [0.4, 0.5) is 0 Å². The second-order valence-corrected chi connectivity index (χ2v) is 4.30. The monoisotopic (exact) mass is 197 g/mol. The van der Waals surface area contributed by atoms with Crippen LogP contribution in [0.25, 0.3) is 0 Å². The van der Waals surface area contributed by atoms with Crippen LogP contribution in [0.15, 0.2) is 0 Å². The van der Waals surface area contributed by atoms with Crippen molar-refractivity contribution >= 4 is 0 Å². The summed E-state index contributed by atoms with van der Waals surface area (Å²) in [5.74, 6) is 0. The van der Waals surface area contributed by atoms with E-state index >= 15 is 0 Å². The van der Waals surface area contributed by atoms with Crippen LogP contribution < -0.4 is 5.32 Å². The highest BCUT2D eigenvalue weighted by atomic mass is 15.1. The SMILES string of the molecule is CCNC(C)(C#N)CCN(C)C(C)C. The van der Waals surface area contributed by atoms with Crippen LogP contribution in [-0.4, -0.2) is 36.6 Å². The van der Waals surface area contributed by atoms with Crippen molar-refractivity contribution in [2.24, 2.45) is 0 Å². The zero-order valence-electron chi connectivity index (χ0n) is 10.1. The lowest BCUT2D eigenvalue weighted by Gasteiger charge is -2.27. The molecule has 1 unspecified atom stereocenters. The first-order valence-corrected chi connectivity index (χ1v) is 5.31. The Morgan fingerprint density at radius 1 is 1.50 bits per heavy atom. The maximum Gasteiger partial charge on any atom is 0.105 e. The van der Waals surface area contributed by atoms with Gasteiger partial charge in [0.2, 0.25) is 0 Å². The third-order valence-electron chi connectivity index (χ3n) is 2.66. The number of hydrogen-bond acceptors (Lipinski definition) is 3. The second kappa shape index (κ2) is 6.00. The molecule has 0 bridgehead atoms. The molecule has 0 aromatic rings. The molecule has 0 aromatic carbocycles. The minimum atomic E-state index is -0.377. The van der Waals surface area contributed by atoms with Gasteiger partial charge < -0.3 is 4.90 Å². The summed E-state index contributed by atoms with van der Waals surface area (Å²) in [5, 5.41) is 12.3. The van der Waals surface area contributed by atoms with Crippen molar-refractivity contribution in [2.45, 2.75) is 45.7 Å². The Balaban J connectivity index is 4.02. The standard InChI is InChI=1S/C11H23N3/c1-6-13-11(4,9-12)7-8-14(5)10(2)3/h10,13H,6-8H2,1-5H3. The number of rotatable bonds is 6. The lowest BCUT2D eigenvalue weighted by Crippen LogP contribution is -2.44. The van der Waals surface area contributed by atoms with Crippen LogP contribution >= 0.6 is 0 Å². The smallest absolute Gasteiger partial charge is 0.105 e. The second-order valence-electron chi connectivity index (χ2n) is 4.30. The first kappa shape index (κ1) is 13.4. The fourth-order valence-corrected chi connectivity index (χ4v) is 1.23. The van der Waals surface area contributed by atoms with Gasteiger partial charge in [-0.1, -0.05) is 6.92 Å². The summed E-state index contributed by atoms with van der Waals surface area (Å²) in [4.78, 5) is 2.26. The molecule has 0 heterocycles. The van der Waals surface area contributed by atoms with Gasteiger partial charge in [0.15, 0.2) is 0 Å². The maximum absolute atomic E-state index is 9.04. The van der Waals surface area contributed by atoms with Crippen LogP contribution in [0.5, 0.6) is 0 Å². The summed E-state index contributed by atoms with van der Waals surface area (Å²) in [6, 6.07) is 2.88. The molecule has 0 aliphatic carbocycles. The lowest BCUT2D eigenvalue weighted by atomic mass is 9.99. The first-order chi connectivity index (χ1) is 6.45. The molecule has 3 nitrogen and oxygen atoms in total. The largest absolute Gasteiger partial charge is 0.304 e. The van der Waals surface area contributed by atoms with Gasteiger partial charge in [-0.3, -0.25) is 5.32 Å². The van der Waals surface area contributed by atoms with Gasteiger partial charge in [0.05, 0.1) is 6.07 Å². The molecule has 14 heavy (non-hydrogen) atoms. The molecule has 1 N–H and O–H groups in total. The van der Waals surface area contributed by atoms with Crippen LogP contribution in [-0.2, 0) is 0 Å². The first-order valence-electron chi connectivity index (χ1n) is 5.31. The van der Waals surface area contributed by atoms with Gasteiger partial charge in [-0.2, -0.15) is 5.26 Å². The van der Waals surface area contributed by atoms with Gasteiger partial charge in [-0.25, -0.2) is 0 Å². The Hall–Kier alpha value is -0.590. The molecule has 1 atom stereocenters. The average molecular weight is 197 g/mol. The average Bonchev–Trinajstić information content (AvgIpc) is 2.14. The highest BCUT2D eigenvalue weighted by Gasteiger charge is 2.22. The zero-order valence-corrected chi connectivity index (χ0v) is 10.1. The summed E-state index contributed by atoms with van der Waals surface area (Å²) in [6.07, 6.45) is 0.867.